The van der Waals surface area contributed by atoms with Crippen LogP contribution in [0.5, 0.6) is 5.75 Å². The van der Waals surface area contributed by atoms with Crippen molar-refractivity contribution in [2.75, 3.05) is 6.61 Å². The third-order valence-electron chi connectivity index (χ3n) is 2.74. The van der Waals surface area contributed by atoms with Crippen molar-refractivity contribution in [3.05, 3.63) is 54.0 Å². The topological polar surface area (TPSA) is 51.5 Å². The molecular weight excluding hydrogens is 242 g/mol. The summed E-state index contributed by atoms with van der Waals surface area (Å²) in [7, 11) is 0. The Morgan fingerprint density at radius 2 is 2.05 bits per heavy atom. The molecule has 4 nitrogen and oxygen atoms in total. The molecule has 0 aliphatic carbocycles. The van der Waals surface area contributed by atoms with Crippen LogP contribution in [0.4, 0.5) is 0 Å². The summed E-state index contributed by atoms with van der Waals surface area (Å²) in [5.41, 5.74) is 1.16. The number of carbonyl (C=O) groups excluding carboxylic acids is 1. The highest BCUT2D eigenvalue weighted by Gasteiger charge is 2.11. The standard InChI is InChI=1S/C15H17NO3/c1-11-5-7-13(8-6-11)19-10-15(17)16-12(2)14-4-3-9-18-14/h3-9,12H,10H2,1-2H3,(H,16,17). The number of benzene rings is 1. The Balaban J connectivity index is 1.80. The lowest BCUT2D eigenvalue weighted by Crippen LogP contribution is -2.31. The molecule has 1 unspecified atom stereocenters. The second-order valence-corrected chi connectivity index (χ2v) is 4.41. The van der Waals surface area contributed by atoms with Crippen molar-refractivity contribution < 1.29 is 13.9 Å². The van der Waals surface area contributed by atoms with E-state index in [2.05, 4.69) is 5.32 Å². The van der Waals surface area contributed by atoms with Crippen LogP contribution in [0.3, 0.4) is 0 Å². The number of rotatable bonds is 5. The van der Waals surface area contributed by atoms with Gasteiger partial charge in [-0.15, -0.1) is 0 Å². The van der Waals surface area contributed by atoms with E-state index in [0.29, 0.717) is 5.75 Å². The van der Waals surface area contributed by atoms with Gasteiger partial charge in [0.15, 0.2) is 6.61 Å². The van der Waals surface area contributed by atoms with E-state index in [1.54, 1.807) is 12.3 Å². The third kappa shape index (κ3) is 3.88. The summed E-state index contributed by atoms with van der Waals surface area (Å²) < 4.78 is 10.6. The largest absolute Gasteiger partial charge is 0.484 e. The Morgan fingerprint density at radius 3 is 2.68 bits per heavy atom. The number of hydrogen-bond acceptors (Lipinski definition) is 3. The zero-order chi connectivity index (χ0) is 13.7. The molecular formula is C15H17NO3. The van der Waals surface area contributed by atoms with Gasteiger partial charge in [-0.05, 0) is 38.1 Å². The highest BCUT2D eigenvalue weighted by atomic mass is 16.5. The van der Waals surface area contributed by atoms with E-state index in [9.17, 15) is 4.79 Å². The van der Waals surface area contributed by atoms with E-state index < -0.39 is 0 Å². The summed E-state index contributed by atoms with van der Waals surface area (Å²) in [5, 5.41) is 2.81. The molecule has 1 N–H and O–H groups in total. The average molecular weight is 259 g/mol. The molecule has 1 aromatic heterocycles. The molecule has 0 saturated carbocycles. The summed E-state index contributed by atoms with van der Waals surface area (Å²) in [4.78, 5) is 11.7. The average Bonchev–Trinajstić information content (AvgIpc) is 2.92. The molecule has 0 aliphatic heterocycles. The van der Waals surface area contributed by atoms with Crippen LogP contribution in [0, 0.1) is 6.92 Å². The number of furan rings is 1. The summed E-state index contributed by atoms with van der Waals surface area (Å²) in [5.74, 6) is 1.24. The quantitative estimate of drug-likeness (QED) is 0.898. The number of hydrogen-bond donors (Lipinski definition) is 1. The number of amides is 1. The van der Waals surface area contributed by atoms with Crippen LogP contribution in [-0.2, 0) is 4.79 Å². The molecule has 1 amide bonds. The van der Waals surface area contributed by atoms with Gasteiger partial charge in [0.05, 0.1) is 12.3 Å². The molecule has 0 fully saturated rings. The predicted molar refractivity (Wildman–Crippen MR) is 71.9 cm³/mol. The van der Waals surface area contributed by atoms with E-state index in [4.69, 9.17) is 9.15 Å². The van der Waals surface area contributed by atoms with Gasteiger partial charge in [0.2, 0.25) is 0 Å². The SMILES string of the molecule is Cc1ccc(OCC(=O)NC(C)c2ccco2)cc1. The van der Waals surface area contributed by atoms with Crippen molar-refractivity contribution in [3.8, 4) is 5.75 Å². The van der Waals surface area contributed by atoms with E-state index >= 15 is 0 Å². The first-order chi connectivity index (χ1) is 9.15. The number of aryl methyl sites for hydroxylation is 1. The van der Waals surface area contributed by atoms with Gasteiger partial charge in [-0.3, -0.25) is 4.79 Å². The van der Waals surface area contributed by atoms with Crippen LogP contribution in [0.2, 0.25) is 0 Å². The lowest BCUT2D eigenvalue weighted by Gasteiger charge is -2.12. The Bertz CT molecular complexity index is 517. The molecule has 0 bridgehead atoms. The van der Waals surface area contributed by atoms with E-state index in [1.807, 2.05) is 44.2 Å². The van der Waals surface area contributed by atoms with Crippen molar-refractivity contribution >= 4 is 5.91 Å². The lowest BCUT2D eigenvalue weighted by molar-refractivity contribution is -0.123. The molecule has 0 aliphatic rings. The van der Waals surface area contributed by atoms with Gasteiger partial charge >= 0.3 is 0 Å². The van der Waals surface area contributed by atoms with Gasteiger partial charge in [0.25, 0.3) is 5.91 Å². The Kier molecular flexibility index (Phi) is 4.23. The molecule has 2 aromatic rings. The van der Waals surface area contributed by atoms with Crippen molar-refractivity contribution in [2.24, 2.45) is 0 Å². The maximum Gasteiger partial charge on any atom is 0.258 e. The van der Waals surface area contributed by atoms with E-state index in [0.717, 1.165) is 11.3 Å². The number of ether oxygens (including phenoxy) is 1. The van der Waals surface area contributed by atoms with E-state index in [1.165, 1.54) is 0 Å². The number of carbonyl (C=O) groups is 1. The van der Waals surface area contributed by atoms with Crippen LogP contribution in [0.1, 0.15) is 24.3 Å². The normalized spacial score (nSPS) is 11.9. The lowest BCUT2D eigenvalue weighted by atomic mass is 10.2. The second kappa shape index (κ2) is 6.09. The van der Waals surface area contributed by atoms with Crippen molar-refractivity contribution in [1.29, 1.82) is 0 Å². The summed E-state index contributed by atoms with van der Waals surface area (Å²) in [6, 6.07) is 11.0. The Morgan fingerprint density at radius 1 is 1.32 bits per heavy atom. The van der Waals surface area contributed by atoms with Crippen LogP contribution >= 0.6 is 0 Å². The highest BCUT2D eigenvalue weighted by molar-refractivity contribution is 5.77. The minimum Gasteiger partial charge on any atom is -0.484 e. The summed E-state index contributed by atoms with van der Waals surface area (Å²) in [6.07, 6.45) is 1.58. The molecule has 2 rings (SSSR count). The smallest absolute Gasteiger partial charge is 0.258 e. The highest BCUT2D eigenvalue weighted by Crippen LogP contribution is 2.13. The van der Waals surface area contributed by atoms with Gasteiger partial charge in [-0.1, -0.05) is 17.7 Å². The fourth-order valence-corrected chi connectivity index (χ4v) is 1.68. The minimum atomic E-state index is -0.176. The van der Waals surface area contributed by atoms with Crippen LogP contribution in [0.15, 0.2) is 47.1 Å². The molecule has 1 heterocycles. The van der Waals surface area contributed by atoms with Gasteiger partial charge in [-0.25, -0.2) is 0 Å². The fourth-order valence-electron chi connectivity index (χ4n) is 1.68. The van der Waals surface area contributed by atoms with E-state index in [-0.39, 0.29) is 18.6 Å². The zero-order valence-corrected chi connectivity index (χ0v) is 11.1. The predicted octanol–water partition coefficient (Wildman–Crippen LogP) is 2.84. The van der Waals surface area contributed by atoms with Crippen LogP contribution in [0.25, 0.3) is 0 Å². The monoisotopic (exact) mass is 259 g/mol. The first-order valence-corrected chi connectivity index (χ1v) is 6.17. The van der Waals surface area contributed by atoms with Crippen LogP contribution in [-0.4, -0.2) is 12.5 Å². The molecule has 100 valence electrons. The number of nitrogens with one attached hydrogen (secondary N) is 1. The molecule has 0 saturated heterocycles. The van der Waals surface area contributed by atoms with Gasteiger partial charge in [0.1, 0.15) is 11.5 Å². The first kappa shape index (κ1) is 13.2. The first-order valence-electron chi connectivity index (χ1n) is 6.17. The van der Waals surface area contributed by atoms with Crippen LogP contribution < -0.4 is 10.1 Å². The van der Waals surface area contributed by atoms with Gasteiger partial charge in [0, 0.05) is 0 Å². The molecule has 0 radical (unpaired) electrons. The maximum atomic E-state index is 11.7. The molecule has 4 heteroatoms. The summed E-state index contributed by atoms with van der Waals surface area (Å²) in [6.45, 7) is 3.86. The maximum absolute atomic E-state index is 11.7. The second-order valence-electron chi connectivity index (χ2n) is 4.41. The van der Waals surface area contributed by atoms with Crippen molar-refractivity contribution in [2.45, 2.75) is 19.9 Å². The fraction of sp³-hybridized carbons (Fsp3) is 0.267. The summed E-state index contributed by atoms with van der Waals surface area (Å²) >= 11 is 0. The Labute approximate surface area is 112 Å². The zero-order valence-electron chi connectivity index (χ0n) is 11.1. The van der Waals surface area contributed by atoms with Crippen molar-refractivity contribution in [1.82, 2.24) is 5.32 Å². The van der Waals surface area contributed by atoms with Gasteiger partial charge in [-0.2, -0.15) is 0 Å². The molecule has 1 aromatic carbocycles. The minimum absolute atomic E-state index is 0.00584. The van der Waals surface area contributed by atoms with Crippen molar-refractivity contribution in [3.63, 3.8) is 0 Å². The van der Waals surface area contributed by atoms with Gasteiger partial charge < -0.3 is 14.5 Å². The molecule has 0 spiro atoms. The third-order valence-corrected chi connectivity index (χ3v) is 2.74. The Hall–Kier alpha value is -2.23. The molecule has 1 atom stereocenters. The molecule has 19 heavy (non-hydrogen) atoms.